The molecule has 1 heterocycles. The number of aryl methyl sites for hydroxylation is 1. The summed E-state index contributed by atoms with van der Waals surface area (Å²) in [6, 6.07) is 1.57. The molecule has 15 heavy (non-hydrogen) atoms. The topological polar surface area (TPSA) is 93.5 Å². The highest BCUT2D eigenvalue weighted by atomic mass is 16.5. The number of anilines is 1. The number of hydrogen-bond donors (Lipinski definition) is 2. The van der Waals surface area contributed by atoms with Crippen LogP contribution < -0.4 is 10.6 Å². The van der Waals surface area contributed by atoms with Crippen LogP contribution in [0.25, 0.3) is 0 Å². The molecular weight excluding hydrogens is 202 g/mol. The van der Waals surface area contributed by atoms with Crippen LogP contribution in [0.1, 0.15) is 5.76 Å². The fraction of sp³-hybridized carbons (Fsp3) is 0.375. The van der Waals surface area contributed by atoms with Gasteiger partial charge in [-0.25, -0.2) is 4.79 Å². The van der Waals surface area contributed by atoms with E-state index in [2.05, 4.69) is 20.5 Å². The molecule has 2 N–H and O–H groups in total. The zero-order chi connectivity index (χ0) is 11.3. The van der Waals surface area contributed by atoms with Gasteiger partial charge in [0.1, 0.15) is 12.3 Å². The Labute approximate surface area is 85.8 Å². The standard InChI is InChI=1S/C8H11N3O4/c1-5-3-6(11-15-5)10-7(12)4-9-8(13)14-2/h3H,4H2,1-2H3,(H,9,13)(H,10,11,12). The van der Waals surface area contributed by atoms with Crippen molar-refractivity contribution in [3.8, 4) is 0 Å². The summed E-state index contributed by atoms with van der Waals surface area (Å²) in [5, 5.41) is 8.21. The predicted octanol–water partition coefficient (Wildman–Crippen LogP) is 0.278. The molecule has 1 rings (SSSR count). The van der Waals surface area contributed by atoms with Crippen molar-refractivity contribution in [3.63, 3.8) is 0 Å². The van der Waals surface area contributed by atoms with Crippen LogP contribution in [0.4, 0.5) is 10.6 Å². The first-order chi connectivity index (χ1) is 7.11. The van der Waals surface area contributed by atoms with Crippen molar-refractivity contribution in [1.29, 1.82) is 0 Å². The molecule has 0 aliphatic carbocycles. The highest BCUT2D eigenvalue weighted by Gasteiger charge is 2.07. The zero-order valence-electron chi connectivity index (χ0n) is 8.36. The van der Waals surface area contributed by atoms with Crippen molar-refractivity contribution in [2.24, 2.45) is 0 Å². The molecule has 0 fully saturated rings. The highest BCUT2D eigenvalue weighted by Crippen LogP contribution is 2.05. The number of alkyl carbamates (subject to hydrolysis) is 1. The van der Waals surface area contributed by atoms with E-state index in [1.54, 1.807) is 13.0 Å². The number of carbonyl (C=O) groups excluding carboxylic acids is 2. The Morgan fingerprint density at radius 1 is 1.60 bits per heavy atom. The molecule has 0 aliphatic heterocycles. The molecule has 0 aromatic carbocycles. The van der Waals surface area contributed by atoms with E-state index >= 15 is 0 Å². The second kappa shape index (κ2) is 4.99. The monoisotopic (exact) mass is 213 g/mol. The summed E-state index contributed by atoms with van der Waals surface area (Å²) >= 11 is 0. The van der Waals surface area contributed by atoms with E-state index in [9.17, 15) is 9.59 Å². The van der Waals surface area contributed by atoms with Gasteiger partial charge in [-0.3, -0.25) is 4.79 Å². The van der Waals surface area contributed by atoms with Crippen LogP contribution in [0.5, 0.6) is 0 Å². The Morgan fingerprint density at radius 3 is 2.87 bits per heavy atom. The minimum absolute atomic E-state index is 0.182. The summed E-state index contributed by atoms with van der Waals surface area (Å²) in [6.07, 6.45) is -0.665. The van der Waals surface area contributed by atoms with Gasteiger partial charge in [0.25, 0.3) is 0 Å². The van der Waals surface area contributed by atoms with Gasteiger partial charge >= 0.3 is 6.09 Å². The molecule has 0 aliphatic rings. The Hall–Kier alpha value is -2.05. The van der Waals surface area contributed by atoms with Gasteiger partial charge in [-0.15, -0.1) is 0 Å². The largest absolute Gasteiger partial charge is 0.453 e. The molecule has 0 radical (unpaired) electrons. The number of ether oxygens (including phenoxy) is 1. The van der Waals surface area contributed by atoms with Gasteiger partial charge in [-0.05, 0) is 6.92 Å². The van der Waals surface area contributed by atoms with E-state index in [4.69, 9.17) is 4.52 Å². The fourth-order valence-electron chi connectivity index (χ4n) is 0.837. The van der Waals surface area contributed by atoms with Crippen molar-refractivity contribution in [3.05, 3.63) is 11.8 Å². The fourth-order valence-corrected chi connectivity index (χ4v) is 0.837. The third-order valence-corrected chi connectivity index (χ3v) is 1.47. The van der Waals surface area contributed by atoms with E-state index in [-0.39, 0.29) is 6.54 Å². The molecule has 2 amide bonds. The lowest BCUT2D eigenvalue weighted by Gasteiger charge is -2.02. The van der Waals surface area contributed by atoms with Gasteiger partial charge in [-0.1, -0.05) is 5.16 Å². The van der Waals surface area contributed by atoms with Crippen LogP contribution in [-0.2, 0) is 9.53 Å². The van der Waals surface area contributed by atoms with Crippen molar-refractivity contribution >= 4 is 17.8 Å². The van der Waals surface area contributed by atoms with Crippen LogP contribution in [0, 0.1) is 6.92 Å². The number of hydrogen-bond acceptors (Lipinski definition) is 5. The van der Waals surface area contributed by atoms with Crippen LogP contribution in [-0.4, -0.2) is 30.8 Å². The second-order valence-electron chi connectivity index (χ2n) is 2.72. The molecule has 7 heteroatoms. The van der Waals surface area contributed by atoms with Crippen molar-refractivity contribution in [1.82, 2.24) is 10.5 Å². The number of rotatable bonds is 3. The van der Waals surface area contributed by atoms with Crippen LogP contribution in [0.3, 0.4) is 0 Å². The highest BCUT2D eigenvalue weighted by molar-refractivity contribution is 5.92. The summed E-state index contributed by atoms with van der Waals surface area (Å²) in [5.74, 6) is 0.490. The second-order valence-corrected chi connectivity index (χ2v) is 2.72. The molecule has 0 bridgehead atoms. The van der Waals surface area contributed by atoms with Gasteiger partial charge in [0.2, 0.25) is 5.91 Å². The summed E-state index contributed by atoms with van der Waals surface area (Å²) in [6.45, 7) is 1.52. The van der Waals surface area contributed by atoms with Crippen molar-refractivity contribution in [2.75, 3.05) is 19.0 Å². The molecular formula is C8H11N3O4. The average molecular weight is 213 g/mol. The maximum Gasteiger partial charge on any atom is 0.407 e. The smallest absolute Gasteiger partial charge is 0.407 e. The summed E-state index contributed by atoms with van der Waals surface area (Å²) in [4.78, 5) is 21.8. The Balaban J connectivity index is 2.33. The lowest BCUT2D eigenvalue weighted by Crippen LogP contribution is -2.32. The maximum atomic E-state index is 11.2. The van der Waals surface area contributed by atoms with Crippen LogP contribution >= 0.6 is 0 Å². The summed E-state index contributed by atoms with van der Waals surface area (Å²) in [7, 11) is 1.22. The first-order valence-electron chi connectivity index (χ1n) is 4.17. The molecule has 0 saturated carbocycles. The molecule has 1 aromatic rings. The van der Waals surface area contributed by atoms with Gasteiger partial charge in [0, 0.05) is 6.07 Å². The lowest BCUT2D eigenvalue weighted by atomic mass is 10.5. The van der Waals surface area contributed by atoms with E-state index in [0.29, 0.717) is 11.6 Å². The first-order valence-corrected chi connectivity index (χ1v) is 4.17. The molecule has 1 aromatic heterocycles. The van der Waals surface area contributed by atoms with Gasteiger partial charge < -0.3 is 19.9 Å². The van der Waals surface area contributed by atoms with Gasteiger partial charge in [0.15, 0.2) is 5.82 Å². The molecule has 0 unspecified atom stereocenters. The number of nitrogens with zero attached hydrogens (tertiary/aromatic N) is 1. The first kappa shape index (κ1) is 11.0. The quantitative estimate of drug-likeness (QED) is 0.752. The van der Waals surface area contributed by atoms with Gasteiger partial charge in [-0.2, -0.15) is 0 Å². The Morgan fingerprint density at radius 2 is 2.33 bits per heavy atom. The van der Waals surface area contributed by atoms with E-state index in [0.717, 1.165) is 0 Å². The molecule has 0 spiro atoms. The van der Waals surface area contributed by atoms with E-state index in [1.807, 2.05) is 0 Å². The van der Waals surface area contributed by atoms with Gasteiger partial charge in [0.05, 0.1) is 7.11 Å². The van der Waals surface area contributed by atoms with E-state index in [1.165, 1.54) is 7.11 Å². The van der Waals surface area contributed by atoms with Crippen LogP contribution in [0.15, 0.2) is 10.6 Å². The molecule has 0 saturated heterocycles. The van der Waals surface area contributed by atoms with Crippen LogP contribution in [0.2, 0.25) is 0 Å². The molecule has 0 atom stereocenters. The SMILES string of the molecule is COC(=O)NCC(=O)Nc1cc(C)on1. The summed E-state index contributed by atoms with van der Waals surface area (Å²) in [5.41, 5.74) is 0. The third kappa shape index (κ3) is 3.67. The Bertz CT molecular complexity index is 361. The van der Waals surface area contributed by atoms with E-state index < -0.39 is 12.0 Å². The lowest BCUT2D eigenvalue weighted by molar-refractivity contribution is -0.115. The van der Waals surface area contributed by atoms with Crippen molar-refractivity contribution < 1.29 is 18.8 Å². The number of aromatic nitrogens is 1. The summed E-state index contributed by atoms with van der Waals surface area (Å²) < 4.78 is 9.03. The average Bonchev–Trinajstić information content (AvgIpc) is 2.60. The minimum Gasteiger partial charge on any atom is -0.453 e. The number of amides is 2. The number of methoxy groups -OCH3 is 1. The number of nitrogens with one attached hydrogen (secondary N) is 2. The predicted molar refractivity (Wildman–Crippen MR) is 50.3 cm³/mol. The molecule has 82 valence electrons. The number of carbonyl (C=O) groups is 2. The Kier molecular flexibility index (Phi) is 3.67. The minimum atomic E-state index is -0.665. The molecule has 7 nitrogen and oxygen atoms in total. The maximum absolute atomic E-state index is 11.2. The third-order valence-electron chi connectivity index (χ3n) is 1.47. The normalized spacial score (nSPS) is 9.47. The van der Waals surface area contributed by atoms with Crippen molar-refractivity contribution in [2.45, 2.75) is 6.92 Å². The zero-order valence-corrected chi connectivity index (χ0v) is 8.36.